The van der Waals surface area contributed by atoms with Crippen molar-refractivity contribution in [2.75, 3.05) is 13.7 Å². The number of hydrogen-bond acceptors (Lipinski definition) is 4. The quantitative estimate of drug-likeness (QED) is 0.793. The second-order valence-corrected chi connectivity index (χ2v) is 6.85. The van der Waals surface area contributed by atoms with E-state index in [0.717, 1.165) is 16.2 Å². The normalized spacial score (nSPS) is 11.9. The molecule has 7 heteroatoms. The van der Waals surface area contributed by atoms with Gasteiger partial charge in [-0.2, -0.15) is 0 Å². The molecular weight excluding hydrogens is 267 g/mol. The van der Waals surface area contributed by atoms with Crippen molar-refractivity contribution in [3.8, 4) is 0 Å². The van der Waals surface area contributed by atoms with Crippen LogP contribution in [0.4, 0.5) is 0 Å². The Labute approximate surface area is 96.0 Å². The van der Waals surface area contributed by atoms with Crippen LogP contribution in [0.3, 0.4) is 0 Å². The minimum Gasteiger partial charge on any atom is -0.384 e. The van der Waals surface area contributed by atoms with E-state index in [1.54, 1.807) is 7.11 Å². The van der Waals surface area contributed by atoms with Gasteiger partial charge in [0.25, 0.3) is 9.05 Å². The molecule has 14 heavy (non-hydrogen) atoms. The monoisotopic (exact) mass is 274 g/mol. The van der Waals surface area contributed by atoms with Crippen molar-refractivity contribution in [3.05, 3.63) is 16.0 Å². The van der Waals surface area contributed by atoms with Crippen molar-refractivity contribution in [1.29, 1.82) is 0 Å². The van der Waals surface area contributed by atoms with Crippen LogP contribution in [0.2, 0.25) is 5.02 Å². The van der Waals surface area contributed by atoms with E-state index in [0.29, 0.717) is 18.1 Å². The molecule has 1 rings (SSSR count). The zero-order chi connectivity index (χ0) is 10.8. The van der Waals surface area contributed by atoms with Crippen LogP contribution in [0.15, 0.2) is 10.3 Å². The van der Waals surface area contributed by atoms with Crippen molar-refractivity contribution >= 4 is 42.7 Å². The van der Waals surface area contributed by atoms with Gasteiger partial charge in [-0.25, -0.2) is 8.42 Å². The molecule has 0 atom stereocenters. The maximum Gasteiger partial charge on any atom is 0.270 e. The molecule has 1 aromatic heterocycles. The molecule has 0 amide bonds. The second-order valence-electron chi connectivity index (χ2n) is 2.52. The van der Waals surface area contributed by atoms with E-state index in [4.69, 9.17) is 27.0 Å². The smallest absolute Gasteiger partial charge is 0.270 e. The van der Waals surface area contributed by atoms with E-state index >= 15 is 0 Å². The summed E-state index contributed by atoms with van der Waals surface area (Å²) in [5, 5.41) is 0.422. The first-order chi connectivity index (χ1) is 6.45. The highest BCUT2D eigenvalue weighted by molar-refractivity contribution is 8.15. The predicted molar refractivity (Wildman–Crippen MR) is 57.9 cm³/mol. The molecule has 0 fully saturated rings. The van der Waals surface area contributed by atoms with Gasteiger partial charge in [-0.3, -0.25) is 0 Å². The maximum absolute atomic E-state index is 11.0. The zero-order valence-corrected chi connectivity index (χ0v) is 10.4. The van der Waals surface area contributed by atoms with Crippen LogP contribution >= 0.6 is 33.6 Å². The molecule has 0 saturated heterocycles. The van der Waals surface area contributed by atoms with Gasteiger partial charge in [-0.1, -0.05) is 11.6 Å². The van der Waals surface area contributed by atoms with Crippen LogP contribution in [0.25, 0.3) is 0 Å². The fraction of sp³-hybridized carbons (Fsp3) is 0.429. The first-order valence-electron chi connectivity index (χ1n) is 3.67. The van der Waals surface area contributed by atoms with Gasteiger partial charge >= 0.3 is 0 Å². The van der Waals surface area contributed by atoms with Crippen LogP contribution in [-0.4, -0.2) is 22.1 Å². The molecule has 0 saturated carbocycles. The summed E-state index contributed by atoms with van der Waals surface area (Å²) in [5.41, 5.74) is 0. The molecule has 0 bridgehead atoms. The van der Waals surface area contributed by atoms with Crippen molar-refractivity contribution in [3.63, 3.8) is 0 Å². The third-order valence-corrected chi connectivity index (χ3v) is 5.23. The Morgan fingerprint density at radius 2 is 2.21 bits per heavy atom. The van der Waals surface area contributed by atoms with E-state index < -0.39 is 9.05 Å². The number of methoxy groups -OCH3 is 1. The summed E-state index contributed by atoms with van der Waals surface area (Å²) < 4.78 is 26.9. The minimum absolute atomic E-state index is 0.0790. The molecule has 0 radical (unpaired) electrons. The first-order valence-corrected chi connectivity index (χ1v) is 7.17. The van der Waals surface area contributed by atoms with Gasteiger partial charge < -0.3 is 4.74 Å². The minimum atomic E-state index is -3.66. The molecular formula is C7H8Cl2O3S2. The fourth-order valence-corrected chi connectivity index (χ4v) is 3.45. The van der Waals surface area contributed by atoms with Gasteiger partial charge in [0, 0.05) is 29.1 Å². The molecule has 1 heterocycles. The summed E-state index contributed by atoms with van der Waals surface area (Å²) in [6.45, 7) is 0.502. The van der Waals surface area contributed by atoms with Gasteiger partial charge in [0.2, 0.25) is 0 Å². The standard InChI is InChI=1S/C7H8Cl2O3S2/c1-12-3-2-6-5(8)4-7(13-6)14(9,10)11/h4H,2-3H2,1H3. The summed E-state index contributed by atoms with van der Waals surface area (Å²) in [5.74, 6) is 0. The highest BCUT2D eigenvalue weighted by Gasteiger charge is 2.16. The van der Waals surface area contributed by atoms with Gasteiger partial charge in [0.15, 0.2) is 0 Å². The second kappa shape index (κ2) is 4.81. The Balaban J connectivity index is 2.94. The number of ether oxygens (including phenoxy) is 1. The van der Waals surface area contributed by atoms with Crippen LogP contribution in [0, 0.1) is 0 Å². The molecule has 80 valence electrons. The van der Waals surface area contributed by atoms with E-state index in [9.17, 15) is 8.42 Å². The molecule has 0 unspecified atom stereocenters. The third kappa shape index (κ3) is 3.10. The average Bonchev–Trinajstić information content (AvgIpc) is 2.43. The number of thiophene rings is 1. The zero-order valence-electron chi connectivity index (χ0n) is 7.29. The average molecular weight is 275 g/mol. The molecule has 0 spiro atoms. The predicted octanol–water partition coefficient (Wildman–Crippen LogP) is 2.52. The van der Waals surface area contributed by atoms with E-state index in [1.807, 2.05) is 0 Å². The van der Waals surface area contributed by atoms with Crippen LogP contribution in [-0.2, 0) is 20.2 Å². The largest absolute Gasteiger partial charge is 0.384 e. The van der Waals surface area contributed by atoms with Crippen molar-refractivity contribution < 1.29 is 13.2 Å². The topological polar surface area (TPSA) is 43.4 Å². The molecule has 0 aliphatic rings. The van der Waals surface area contributed by atoms with Crippen LogP contribution in [0.1, 0.15) is 4.88 Å². The Hall–Kier alpha value is 0.190. The Morgan fingerprint density at radius 1 is 1.57 bits per heavy atom. The first kappa shape index (κ1) is 12.3. The number of hydrogen-bond donors (Lipinski definition) is 0. The Kier molecular flexibility index (Phi) is 4.21. The van der Waals surface area contributed by atoms with Gasteiger partial charge in [0.05, 0.1) is 11.6 Å². The summed E-state index contributed by atoms with van der Waals surface area (Å²) in [4.78, 5) is 0.771. The molecule has 1 aromatic rings. The number of halogens is 2. The van der Waals surface area contributed by atoms with Crippen LogP contribution in [0.5, 0.6) is 0 Å². The molecule has 3 nitrogen and oxygen atoms in total. The van der Waals surface area contributed by atoms with Crippen molar-refractivity contribution in [2.24, 2.45) is 0 Å². The van der Waals surface area contributed by atoms with E-state index in [1.165, 1.54) is 6.07 Å². The summed E-state index contributed by atoms with van der Waals surface area (Å²) >= 11 is 6.89. The lowest BCUT2D eigenvalue weighted by atomic mass is 10.4. The SMILES string of the molecule is COCCc1sc(S(=O)(=O)Cl)cc1Cl. The molecule has 0 aliphatic heterocycles. The summed E-state index contributed by atoms with van der Waals surface area (Å²) in [6.07, 6.45) is 0.590. The lowest BCUT2D eigenvalue weighted by Crippen LogP contribution is -1.91. The van der Waals surface area contributed by atoms with Gasteiger partial charge in [0.1, 0.15) is 4.21 Å². The summed E-state index contributed by atoms with van der Waals surface area (Å²) in [6, 6.07) is 1.36. The fourth-order valence-electron chi connectivity index (χ4n) is 0.869. The van der Waals surface area contributed by atoms with Crippen molar-refractivity contribution in [2.45, 2.75) is 10.6 Å². The van der Waals surface area contributed by atoms with Crippen molar-refractivity contribution in [1.82, 2.24) is 0 Å². The molecule has 0 aliphatic carbocycles. The third-order valence-electron chi connectivity index (χ3n) is 1.51. The highest BCUT2D eigenvalue weighted by Crippen LogP contribution is 2.32. The Morgan fingerprint density at radius 3 is 2.64 bits per heavy atom. The lowest BCUT2D eigenvalue weighted by Gasteiger charge is -1.95. The van der Waals surface area contributed by atoms with E-state index in [2.05, 4.69) is 0 Å². The van der Waals surface area contributed by atoms with E-state index in [-0.39, 0.29) is 4.21 Å². The summed E-state index contributed by atoms with van der Waals surface area (Å²) in [7, 11) is 3.08. The van der Waals surface area contributed by atoms with Crippen LogP contribution < -0.4 is 0 Å². The highest BCUT2D eigenvalue weighted by atomic mass is 35.7. The molecule has 0 N–H and O–H groups in total. The lowest BCUT2D eigenvalue weighted by molar-refractivity contribution is 0.203. The Bertz CT molecular complexity index is 411. The van der Waals surface area contributed by atoms with Gasteiger partial charge in [-0.05, 0) is 6.07 Å². The van der Waals surface area contributed by atoms with Gasteiger partial charge in [-0.15, -0.1) is 11.3 Å². The number of rotatable bonds is 4. The maximum atomic E-state index is 11.0. The molecule has 0 aromatic carbocycles.